The van der Waals surface area contributed by atoms with E-state index in [0.717, 1.165) is 38.1 Å². The van der Waals surface area contributed by atoms with Crippen LogP contribution in [0.15, 0.2) is 0 Å². The minimum Gasteiger partial charge on any atom is -0.480 e. The van der Waals surface area contributed by atoms with Gasteiger partial charge in [-0.3, -0.25) is 9.69 Å². The van der Waals surface area contributed by atoms with Crippen LogP contribution < -0.4 is 0 Å². The molecule has 1 N–H and O–H groups in total. The van der Waals surface area contributed by atoms with E-state index in [2.05, 4.69) is 11.8 Å². The second-order valence-electron chi connectivity index (χ2n) is 4.52. The Balaban J connectivity index is 1.97. The van der Waals surface area contributed by atoms with Crippen LogP contribution in [-0.2, 0) is 4.79 Å². The van der Waals surface area contributed by atoms with Crippen molar-refractivity contribution in [3.8, 4) is 0 Å². The van der Waals surface area contributed by atoms with Crippen LogP contribution in [0.25, 0.3) is 0 Å². The van der Waals surface area contributed by atoms with Crippen LogP contribution in [0.2, 0.25) is 0 Å². The Morgan fingerprint density at radius 3 is 2.87 bits per heavy atom. The lowest BCUT2D eigenvalue weighted by Gasteiger charge is -2.35. The van der Waals surface area contributed by atoms with Gasteiger partial charge in [0.1, 0.15) is 6.04 Å². The summed E-state index contributed by atoms with van der Waals surface area (Å²) in [5.41, 5.74) is 0. The summed E-state index contributed by atoms with van der Waals surface area (Å²) < 4.78 is 0. The minimum absolute atomic E-state index is 0.194. The zero-order chi connectivity index (χ0) is 10.8. The highest BCUT2D eigenvalue weighted by Gasteiger charge is 2.41. The van der Waals surface area contributed by atoms with Gasteiger partial charge in [-0.15, -0.1) is 0 Å². The molecule has 1 saturated heterocycles. The SMILES string of the molecule is CCC1CN(C(C(=O)O)C2CC2)CCS1. The van der Waals surface area contributed by atoms with Crippen molar-refractivity contribution in [3.05, 3.63) is 0 Å². The van der Waals surface area contributed by atoms with Gasteiger partial charge in [-0.1, -0.05) is 6.92 Å². The molecule has 0 amide bonds. The van der Waals surface area contributed by atoms with Crippen molar-refractivity contribution < 1.29 is 9.90 Å². The molecule has 1 aliphatic heterocycles. The molecule has 0 radical (unpaired) electrons. The van der Waals surface area contributed by atoms with Gasteiger partial charge in [-0.25, -0.2) is 0 Å². The van der Waals surface area contributed by atoms with Gasteiger partial charge < -0.3 is 5.11 Å². The van der Waals surface area contributed by atoms with Gasteiger partial charge in [0.05, 0.1) is 0 Å². The van der Waals surface area contributed by atoms with Crippen LogP contribution in [0.1, 0.15) is 26.2 Å². The molecule has 3 nitrogen and oxygen atoms in total. The van der Waals surface area contributed by atoms with E-state index >= 15 is 0 Å². The lowest BCUT2D eigenvalue weighted by atomic mass is 10.1. The molecule has 15 heavy (non-hydrogen) atoms. The average molecular weight is 229 g/mol. The number of hydrogen-bond donors (Lipinski definition) is 1. The quantitative estimate of drug-likeness (QED) is 0.796. The molecule has 2 atom stereocenters. The van der Waals surface area contributed by atoms with E-state index in [-0.39, 0.29) is 6.04 Å². The largest absolute Gasteiger partial charge is 0.480 e. The van der Waals surface area contributed by atoms with Gasteiger partial charge in [-0.2, -0.15) is 11.8 Å². The predicted molar refractivity (Wildman–Crippen MR) is 62.3 cm³/mol. The lowest BCUT2D eigenvalue weighted by molar-refractivity contribution is -0.144. The summed E-state index contributed by atoms with van der Waals surface area (Å²) in [6.07, 6.45) is 3.37. The molecular formula is C11H19NO2S. The number of carboxylic acid groups (broad SMARTS) is 1. The molecule has 1 saturated carbocycles. The molecule has 0 aromatic rings. The second-order valence-corrected chi connectivity index (χ2v) is 5.92. The first kappa shape index (κ1) is 11.3. The standard InChI is InChI=1S/C11H19NO2S/c1-2-9-7-12(5-6-15-9)10(11(13)14)8-3-4-8/h8-10H,2-7H2,1H3,(H,13,14). The zero-order valence-electron chi connectivity index (χ0n) is 9.19. The number of carboxylic acids is 1. The average Bonchev–Trinajstić information content (AvgIpc) is 3.02. The molecule has 1 heterocycles. The maximum absolute atomic E-state index is 11.2. The molecule has 2 rings (SSSR count). The van der Waals surface area contributed by atoms with Crippen LogP contribution >= 0.6 is 11.8 Å². The van der Waals surface area contributed by atoms with E-state index in [4.69, 9.17) is 0 Å². The molecule has 0 spiro atoms. The van der Waals surface area contributed by atoms with E-state index < -0.39 is 5.97 Å². The van der Waals surface area contributed by atoms with Crippen LogP contribution in [0.5, 0.6) is 0 Å². The monoisotopic (exact) mass is 229 g/mol. The van der Waals surface area contributed by atoms with Gasteiger partial charge in [0, 0.05) is 24.1 Å². The molecule has 2 aliphatic rings. The van der Waals surface area contributed by atoms with Gasteiger partial charge in [0.15, 0.2) is 0 Å². The Hall–Kier alpha value is -0.220. The fraction of sp³-hybridized carbons (Fsp3) is 0.909. The second kappa shape index (κ2) is 4.74. The zero-order valence-corrected chi connectivity index (χ0v) is 10.0. The predicted octanol–water partition coefficient (Wildman–Crippen LogP) is 1.68. The Bertz CT molecular complexity index is 243. The fourth-order valence-electron chi connectivity index (χ4n) is 2.31. The van der Waals surface area contributed by atoms with Crippen molar-refractivity contribution in [2.75, 3.05) is 18.8 Å². The van der Waals surface area contributed by atoms with Crippen molar-refractivity contribution >= 4 is 17.7 Å². The van der Waals surface area contributed by atoms with Gasteiger partial charge in [0.25, 0.3) is 0 Å². The Kier molecular flexibility index (Phi) is 3.57. The maximum atomic E-state index is 11.2. The lowest BCUT2D eigenvalue weighted by Crippen LogP contribution is -2.49. The van der Waals surface area contributed by atoms with Crippen molar-refractivity contribution in [2.24, 2.45) is 5.92 Å². The van der Waals surface area contributed by atoms with Crippen LogP contribution in [0.3, 0.4) is 0 Å². The first-order valence-electron chi connectivity index (χ1n) is 5.80. The Labute approximate surface area is 95.2 Å². The molecule has 4 heteroatoms. The number of thioether (sulfide) groups is 1. The minimum atomic E-state index is -0.612. The van der Waals surface area contributed by atoms with E-state index in [1.165, 1.54) is 0 Å². The summed E-state index contributed by atoms with van der Waals surface area (Å²) >= 11 is 1.99. The van der Waals surface area contributed by atoms with Crippen LogP contribution in [0.4, 0.5) is 0 Å². The van der Waals surface area contributed by atoms with E-state index in [9.17, 15) is 9.90 Å². The Morgan fingerprint density at radius 2 is 2.33 bits per heavy atom. The van der Waals surface area contributed by atoms with Crippen molar-refractivity contribution in [3.63, 3.8) is 0 Å². The van der Waals surface area contributed by atoms with Crippen molar-refractivity contribution in [1.82, 2.24) is 4.90 Å². The van der Waals surface area contributed by atoms with Gasteiger partial charge in [-0.05, 0) is 25.2 Å². The molecule has 0 aromatic carbocycles. The highest BCUT2D eigenvalue weighted by Crippen LogP contribution is 2.37. The van der Waals surface area contributed by atoms with E-state index in [1.807, 2.05) is 11.8 Å². The number of nitrogens with zero attached hydrogens (tertiary/aromatic N) is 1. The topological polar surface area (TPSA) is 40.5 Å². The summed E-state index contributed by atoms with van der Waals surface area (Å²) in [5, 5.41) is 9.88. The highest BCUT2D eigenvalue weighted by molar-refractivity contribution is 8.00. The first-order valence-corrected chi connectivity index (χ1v) is 6.85. The molecule has 2 unspecified atom stereocenters. The first-order chi connectivity index (χ1) is 7.22. The van der Waals surface area contributed by atoms with Crippen LogP contribution in [-0.4, -0.2) is 46.1 Å². The third kappa shape index (κ3) is 2.67. The summed E-state index contributed by atoms with van der Waals surface area (Å²) in [5.74, 6) is 0.914. The van der Waals surface area contributed by atoms with Gasteiger partial charge >= 0.3 is 5.97 Å². The number of carbonyl (C=O) groups is 1. The molecule has 2 fully saturated rings. The van der Waals surface area contributed by atoms with Crippen molar-refractivity contribution in [1.29, 1.82) is 0 Å². The molecule has 0 aromatic heterocycles. The normalized spacial score (nSPS) is 30.1. The molecular weight excluding hydrogens is 210 g/mol. The third-order valence-corrected chi connectivity index (χ3v) is 4.71. The van der Waals surface area contributed by atoms with Crippen molar-refractivity contribution in [2.45, 2.75) is 37.5 Å². The summed E-state index contributed by atoms with van der Waals surface area (Å²) in [6.45, 7) is 4.11. The molecule has 1 aliphatic carbocycles. The number of hydrogen-bond acceptors (Lipinski definition) is 3. The summed E-state index contributed by atoms with van der Waals surface area (Å²) in [7, 11) is 0. The summed E-state index contributed by atoms with van der Waals surface area (Å²) in [6, 6.07) is -0.194. The fourth-order valence-corrected chi connectivity index (χ4v) is 3.52. The molecule has 86 valence electrons. The summed E-state index contributed by atoms with van der Waals surface area (Å²) in [4.78, 5) is 13.4. The number of aliphatic carboxylic acids is 1. The van der Waals surface area contributed by atoms with Gasteiger partial charge in [0.2, 0.25) is 0 Å². The maximum Gasteiger partial charge on any atom is 0.321 e. The highest BCUT2D eigenvalue weighted by atomic mass is 32.2. The third-order valence-electron chi connectivity index (χ3n) is 3.34. The van der Waals surface area contributed by atoms with E-state index in [0.29, 0.717) is 11.2 Å². The van der Waals surface area contributed by atoms with Crippen LogP contribution in [0, 0.1) is 5.92 Å². The molecule has 0 bridgehead atoms. The smallest absolute Gasteiger partial charge is 0.321 e. The Morgan fingerprint density at radius 1 is 1.60 bits per heavy atom. The van der Waals surface area contributed by atoms with E-state index in [1.54, 1.807) is 0 Å². The number of rotatable bonds is 4.